The molecule has 0 spiro atoms. The maximum absolute atomic E-state index is 12.9. The number of fused-ring (bicyclic) bond motifs is 1. The number of aliphatic hydroxyl groups is 1. The van der Waals surface area contributed by atoms with E-state index in [1.165, 1.54) is 5.57 Å². The van der Waals surface area contributed by atoms with Crippen molar-refractivity contribution < 1.29 is 28.9 Å². The smallest absolute Gasteiger partial charge is 0.308 e. The van der Waals surface area contributed by atoms with Crippen molar-refractivity contribution in [2.75, 3.05) is 21.3 Å². The van der Waals surface area contributed by atoms with Crippen LogP contribution in [0.2, 0.25) is 0 Å². The Bertz CT molecular complexity index is 1100. The first-order valence-corrected chi connectivity index (χ1v) is 15.5. The quantitative estimate of drug-likeness (QED) is 0.244. The maximum atomic E-state index is 12.9. The third kappa shape index (κ3) is 9.08. The fraction of sp³-hybridized carbons (Fsp3) is 0.647. The van der Waals surface area contributed by atoms with Crippen molar-refractivity contribution >= 4 is 11.9 Å². The molecule has 0 heterocycles. The summed E-state index contributed by atoms with van der Waals surface area (Å²) in [4.78, 5) is 24.8. The minimum atomic E-state index is -0.758. The molecule has 0 aromatic heterocycles. The molecule has 8 atom stereocenters. The fourth-order valence-electron chi connectivity index (χ4n) is 6.33. The van der Waals surface area contributed by atoms with Gasteiger partial charge in [-0.2, -0.15) is 0 Å². The number of amides is 1. The average Bonchev–Trinajstić information content (AvgIpc) is 2.98. The van der Waals surface area contributed by atoms with Crippen molar-refractivity contribution in [3.05, 3.63) is 47.6 Å². The molecule has 42 heavy (non-hydrogen) atoms. The van der Waals surface area contributed by atoms with Gasteiger partial charge in [0.25, 0.3) is 0 Å². The molecule has 8 nitrogen and oxygen atoms in total. The Morgan fingerprint density at radius 2 is 1.88 bits per heavy atom. The lowest BCUT2D eigenvalue weighted by Gasteiger charge is -2.43. The number of carbonyl (C=O) groups excluding carboxylic acids is 2. The summed E-state index contributed by atoms with van der Waals surface area (Å²) in [5.41, 5.74) is 2.31. The predicted molar refractivity (Wildman–Crippen MR) is 165 cm³/mol. The lowest BCUT2D eigenvalue weighted by atomic mass is 9.65. The molecule has 1 aromatic rings. The molecule has 8 heteroatoms. The molecular formula is C34H52N2O6. The van der Waals surface area contributed by atoms with Crippen LogP contribution in [0.5, 0.6) is 11.5 Å². The van der Waals surface area contributed by atoms with Crippen LogP contribution in [0.4, 0.5) is 0 Å². The van der Waals surface area contributed by atoms with E-state index in [2.05, 4.69) is 42.7 Å². The van der Waals surface area contributed by atoms with Gasteiger partial charge in [0.2, 0.25) is 5.91 Å². The lowest BCUT2D eigenvalue weighted by molar-refractivity contribution is -0.158. The molecule has 0 saturated carbocycles. The summed E-state index contributed by atoms with van der Waals surface area (Å²) in [6.07, 6.45) is 9.77. The zero-order valence-electron chi connectivity index (χ0n) is 26.5. The van der Waals surface area contributed by atoms with E-state index in [0.29, 0.717) is 42.2 Å². The monoisotopic (exact) mass is 584 g/mol. The van der Waals surface area contributed by atoms with Gasteiger partial charge in [0.05, 0.1) is 32.7 Å². The van der Waals surface area contributed by atoms with Crippen molar-refractivity contribution in [1.29, 1.82) is 0 Å². The molecule has 234 valence electrons. The van der Waals surface area contributed by atoms with Gasteiger partial charge in [0, 0.05) is 25.6 Å². The van der Waals surface area contributed by atoms with E-state index in [-0.39, 0.29) is 42.3 Å². The van der Waals surface area contributed by atoms with Gasteiger partial charge < -0.3 is 30.0 Å². The molecule has 0 saturated heterocycles. The lowest BCUT2D eigenvalue weighted by Crippen LogP contribution is -2.42. The van der Waals surface area contributed by atoms with Crippen molar-refractivity contribution in [3.63, 3.8) is 0 Å². The summed E-state index contributed by atoms with van der Waals surface area (Å²) in [7, 11) is 4.82. The highest BCUT2D eigenvalue weighted by Crippen LogP contribution is 2.45. The van der Waals surface area contributed by atoms with Gasteiger partial charge in [-0.3, -0.25) is 9.59 Å². The molecule has 1 amide bonds. The van der Waals surface area contributed by atoms with Crippen molar-refractivity contribution in [2.24, 2.45) is 29.6 Å². The van der Waals surface area contributed by atoms with Gasteiger partial charge in [-0.25, -0.2) is 0 Å². The van der Waals surface area contributed by atoms with Crippen LogP contribution in [0.3, 0.4) is 0 Å². The van der Waals surface area contributed by atoms with Crippen LogP contribution >= 0.6 is 0 Å². The minimum absolute atomic E-state index is 0.0214. The zero-order valence-corrected chi connectivity index (χ0v) is 26.5. The van der Waals surface area contributed by atoms with Gasteiger partial charge in [-0.1, -0.05) is 52.0 Å². The van der Waals surface area contributed by atoms with Crippen LogP contribution in [0.15, 0.2) is 42.0 Å². The number of carbonyl (C=O) groups is 2. The number of rotatable bonds is 15. The number of ether oxygens (including phenoxy) is 3. The molecule has 3 N–H and O–H groups in total. The standard InChI is InChI=1S/C34H52N2O6/c1-8-22(3)34(39)42-31-16-21(2)15-25-11-9-23(4)28(33(25)31)13-12-26(18-27(37)19-32(38)35-5)36-20-24-10-14-29(40-6)30(17-24)41-7/h9-11,14-15,17,21-23,26-28,31,33,36-37H,8,12-13,16,18-20H2,1-7H3,(H,35,38)/t21-,22-,23-,26+,27+,28-,31-,33-/m0/s1. The highest BCUT2D eigenvalue weighted by molar-refractivity contribution is 5.76. The van der Waals surface area contributed by atoms with E-state index in [9.17, 15) is 14.7 Å². The second kappa shape index (κ2) is 16.1. The Morgan fingerprint density at radius 3 is 2.55 bits per heavy atom. The maximum Gasteiger partial charge on any atom is 0.308 e. The van der Waals surface area contributed by atoms with Crippen LogP contribution in [0.25, 0.3) is 0 Å². The number of benzene rings is 1. The summed E-state index contributed by atoms with van der Waals surface area (Å²) >= 11 is 0. The van der Waals surface area contributed by atoms with Crippen LogP contribution in [-0.4, -0.2) is 56.5 Å². The first kappa shape index (κ1) is 33.7. The zero-order chi connectivity index (χ0) is 30.8. The summed E-state index contributed by atoms with van der Waals surface area (Å²) in [6, 6.07) is 5.82. The molecule has 0 aliphatic heterocycles. The van der Waals surface area contributed by atoms with E-state index in [1.54, 1.807) is 21.3 Å². The molecule has 0 radical (unpaired) electrons. The third-order valence-electron chi connectivity index (χ3n) is 9.03. The predicted octanol–water partition coefficient (Wildman–Crippen LogP) is 5.19. The Kier molecular flexibility index (Phi) is 12.9. The molecule has 0 fully saturated rings. The van der Waals surface area contributed by atoms with Gasteiger partial charge in [0.1, 0.15) is 6.10 Å². The molecular weight excluding hydrogens is 532 g/mol. The first-order valence-electron chi connectivity index (χ1n) is 15.5. The van der Waals surface area contributed by atoms with Crippen LogP contribution < -0.4 is 20.1 Å². The molecule has 2 aliphatic rings. The van der Waals surface area contributed by atoms with Gasteiger partial charge in [-0.05, 0) is 73.1 Å². The first-order chi connectivity index (χ1) is 20.1. The molecule has 2 aliphatic carbocycles. The SMILES string of the molecule is CC[C@H](C)C(=O)O[C@H]1C[C@@H](C)C=C2C=C[C@H](C)[C@H](CC[C@H](C[C@@H](O)CC(=O)NC)NCc3ccc(OC)c(OC)c3)[C@H]21. The molecule has 0 unspecified atom stereocenters. The number of hydrogen-bond acceptors (Lipinski definition) is 7. The Hall–Kier alpha value is -2.84. The second-order valence-electron chi connectivity index (χ2n) is 12.2. The second-order valence-corrected chi connectivity index (χ2v) is 12.2. The van der Waals surface area contributed by atoms with E-state index in [1.807, 2.05) is 32.0 Å². The number of nitrogens with one attached hydrogen (secondary N) is 2. The van der Waals surface area contributed by atoms with E-state index < -0.39 is 6.10 Å². The molecule has 3 rings (SSSR count). The number of esters is 1. The molecule has 0 bridgehead atoms. The van der Waals surface area contributed by atoms with Crippen molar-refractivity contribution in [1.82, 2.24) is 10.6 Å². The van der Waals surface area contributed by atoms with E-state index in [0.717, 1.165) is 31.2 Å². The molecule has 1 aromatic carbocycles. The Labute approximate surface area is 252 Å². The van der Waals surface area contributed by atoms with E-state index in [4.69, 9.17) is 14.2 Å². The van der Waals surface area contributed by atoms with Gasteiger partial charge in [-0.15, -0.1) is 0 Å². The van der Waals surface area contributed by atoms with Crippen LogP contribution in [0, 0.1) is 29.6 Å². The van der Waals surface area contributed by atoms with Gasteiger partial charge in [0.15, 0.2) is 11.5 Å². The Balaban J connectivity index is 1.78. The number of allylic oxidation sites excluding steroid dienone is 3. The van der Waals surface area contributed by atoms with E-state index >= 15 is 0 Å². The summed E-state index contributed by atoms with van der Waals surface area (Å²) in [6.45, 7) is 8.97. The number of methoxy groups -OCH3 is 2. The van der Waals surface area contributed by atoms with Crippen LogP contribution in [0.1, 0.15) is 71.8 Å². The third-order valence-corrected chi connectivity index (χ3v) is 9.03. The average molecular weight is 585 g/mol. The topological polar surface area (TPSA) is 106 Å². The normalized spacial score (nSPS) is 25.4. The van der Waals surface area contributed by atoms with Crippen molar-refractivity contribution in [2.45, 2.75) is 91.0 Å². The Morgan fingerprint density at radius 1 is 1.14 bits per heavy atom. The highest BCUT2D eigenvalue weighted by atomic mass is 16.5. The van der Waals surface area contributed by atoms with Crippen molar-refractivity contribution in [3.8, 4) is 11.5 Å². The largest absolute Gasteiger partial charge is 0.493 e. The van der Waals surface area contributed by atoms with Gasteiger partial charge >= 0.3 is 5.97 Å². The number of aliphatic hydroxyl groups excluding tert-OH is 1. The minimum Gasteiger partial charge on any atom is -0.493 e. The summed E-state index contributed by atoms with van der Waals surface area (Å²) in [5, 5.41) is 17.0. The summed E-state index contributed by atoms with van der Waals surface area (Å²) < 4.78 is 17.1. The fourth-order valence-corrected chi connectivity index (χ4v) is 6.33. The number of hydrogen-bond donors (Lipinski definition) is 3. The highest BCUT2D eigenvalue weighted by Gasteiger charge is 2.41. The van der Waals surface area contributed by atoms with Crippen LogP contribution in [-0.2, 0) is 20.9 Å². The summed E-state index contributed by atoms with van der Waals surface area (Å²) in [5.74, 6) is 2.06.